The summed E-state index contributed by atoms with van der Waals surface area (Å²) < 4.78 is 0. The van der Waals surface area contributed by atoms with Gasteiger partial charge in [-0.1, -0.05) is 39.3 Å². The second-order valence-corrected chi connectivity index (χ2v) is 3.96. The SMILES string of the molecule is CCC/C=C/CC(C(C)=O)C(C)C. The van der Waals surface area contributed by atoms with E-state index in [1.54, 1.807) is 6.92 Å². The first-order valence-corrected chi connectivity index (χ1v) is 5.25. The van der Waals surface area contributed by atoms with Crippen molar-refractivity contribution in [2.75, 3.05) is 0 Å². The molecule has 0 saturated carbocycles. The number of ketones is 1. The van der Waals surface area contributed by atoms with E-state index in [-0.39, 0.29) is 5.92 Å². The topological polar surface area (TPSA) is 17.1 Å². The van der Waals surface area contributed by atoms with Gasteiger partial charge in [0.05, 0.1) is 0 Å². The molecule has 0 aliphatic rings. The first-order chi connectivity index (χ1) is 6.09. The molecule has 1 heteroatoms. The molecule has 0 N–H and O–H groups in total. The lowest BCUT2D eigenvalue weighted by molar-refractivity contribution is -0.121. The number of hydrogen-bond donors (Lipinski definition) is 0. The van der Waals surface area contributed by atoms with Crippen LogP contribution in [0, 0.1) is 11.8 Å². The highest BCUT2D eigenvalue weighted by atomic mass is 16.1. The minimum atomic E-state index is 0.216. The predicted molar refractivity (Wildman–Crippen MR) is 57.7 cm³/mol. The summed E-state index contributed by atoms with van der Waals surface area (Å²) in [6.45, 7) is 8.08. The third-order valence-electron chi connectivity index (χ3n) is 2.34. The van der Waals surface area contributed by atoms with Crippen molar-refractivity contribution in [2.24, 2.45) is 11.8 Å². The highest BCUT2D eigenvalue weighted by Gasteiger charge is 2.15. The summed E-state index contributed by atoms with van der Waals surface area (Å²) in [5.74, 6) is 0.994. The zero-order chi connectivity index (χ0) is 10.3. The molecule has 0 bridgehead atoms. The summed E-state index contributed by atoms with van der Waals surface area (Å²) in [6, 6.07) is 0. The van der Waals surface area contributed by atoms with Gasteiger partial charge in [0.25, 0.3) is 0 Å². The number of hydrogen-bond acceptors (Lipinski definition) is 1. The van der Waals surface area contributed by atoms with Crippen molar-refractivity contribution in [3.63, 3.8) is 0 Å². The van der Waals surface area contributed by atoms with Gasteiger partial charge in [0.1, 0.15) is 5.78 Å². The number of rotatable bonds is 6. The lowest BCUT2D eigenvalue weighted by Crippen LogP contribution is -2.16. The molecule has 0 aromatic heterocycles. The molecule has 0 fully saturated rings. The Morgan fingerprint density at radius 1 is 1.31 bits per heavy atom. The largest absolute Gasteiger partial charge is 0.300 e. The Morgan fingerprint density at radius 3 is 2.31 bits per heavy atom. The first-order valence-electron chi connectivity index (χ1n) is 5.25. The highest BCUT2D eigenvalue weighted by molar-refractivity contribution is 5.78. The number of carbonyl (C=O) groups excluding carboxylic acids is 1. The number of carbonyl (C=O) groups is 1. The van der Waals surface area contributed by atoms with E-state index in [2.05, 4.69) is 32.9 Å². The maximum absolute atomic E-state index is 11.2. The molecule has 1 atom stereocenters. The lowest BCUT2D eigenvalue weighted by Gasteiger charge is -2.15. The Morgan fingerprint density at radius 2 is 1.92 bits per heavy atom. The zero-order valence-corrected chi connectivity index (χ0v) is 9.34. The van der Waals surface area contributed by atoms with Gasteiger partial charge in [-0.05, 0) is 25.7 Å². The van der Waals surface area contributed by atoms with E-state index >= 15 is 0 Å². The van der Waals surface area contributed by atoms with Crippen LogP contribution in [0.15, 0.2) is 12.2 Å². The fraction of sp³-hybridized carbons (Fsp3) is 0.750. The Labute approximate surface area is 82.2 Å². The molecule has 0 aromatic rings. The molecule has 1 unspecified atom stereocenters. The quantitative estimate of drug-likeness (QED) is 0.574. The van der Waals surface area contributed by atoms with E-state index in [0.717, 1.165) is 12.8 Å². The first kappa shape index (κ1) is 12.4. The van der Waals surface area contributed by atoms with Crippen molar-refractivity contribution in [1.29, 1.82) is 0 Å². The van der Waals surface area contributed by atoms with Crippen LogP contribution in [-0.2, 0) is 4.79 Å². The van der Waals surface area contributed by atoms with Gasteiger partial charge in [-0.2, -0.15) is 0 Å². The van der Waals surface area contributed by atoms with Crippen LogP contribution in [-0.4, -0.2) is 5.78 Å². The highest BCUT2D eigenvalue weighted by Crippen LogP contribution is 2.16. The Hall–Kier alpha value is -0.590. The van der Waals surface area contributed by atoms with Crippen LogP contribution in [0.1, 0.15) is 47.0 Å². The van der Waals surface area contributed by atoms with Crippen LogP contribution in [0.25, 0.3) is 0 Å². The molecule has 0 spiro atoms. The van der Waals surface area contributed by atoms with E-state index in [1.807, 2.05) is 0 Å². The van der Waals surface area contributed by atoms with E-state index in [0.29, 0.717) is 11.7 Å². The molecule has 0 aliphatic carbocycles. The molecule has 1 nitrogen and oxygen atoms in total. The lowest BCUT2D eigenvalue weighted by atomic mass is 9.89. The fourth-order valence-corrected chi connectivity index (χ4v) is 1.43. The number of Topliss-reactive ketones (excluding diaryl/α,β-unsaturated/α-hetero) is 1. The second kappa shape index (κ2) is 6.88. The molecule has 0 aliphatic heterocycles. The Balaban J connectivity index is 3.90. The molecule has 0 aromatic carbocycles. The van der Waals surface area contributed by atoms with E-state index < -0.39 is 0 Å². The summed E-state index contributed by atoms with van der Waals surface area (Å²) in [5, 5.41) is 0. The van der Waals surface area contributed by atoms with Crippen molar-refractivity contribution in [2.45, 2.75) is 47.0 Å². The average molecular weight is 182 g/mol. The molecule has 0 saturated heterocycles. The van der Waals surface area contributed by atoms with Crippen molar-refractivity contribution >= 4 is 5.78 Å². The average Bonchev–Trinajstić information content (AvgIpc) is 2.02. The van der Waals surface area contributed by atoms with Crippen molar-refractivity contribution < 1.29 is 4.79 Å². The zero-order valence-electron chi connectivity index (χ0n) is 9.34. The van der Waals surface area contributed by atoms with Gasteiger partial charge >= 0.3 is 0 Å². The minimum Gasteiger partial charge on any atom is -0.300 e. The molecule has 0 amide bonds. The van der Waals surface area contributed by atoms with Gasteiger partial charge in [-0.3, -0.25) is 4.79 Å². The summed E-state index contributed by atoms with van der Waals surface area (Å²) in [4.78, 5) is 11.2. The Bertz CT molecular complexity index is 168. The molecular formula is C12H22O. The maximum Gasteiger partial charge on any atom is 0.133 e. The van der Waals surface area contributed by atoms with E-state index in [9.17, 15) is 4.79 Å². The van der Waals surface area contributed by atoms with Crippen molar-refractivity contribution in [1.82, 2.24) is 0 Å². The predicted octanol–water partition coefficient (Wildman–Crippen LogP) is 3.59. The normalized spacial score (nSPS) is 13.9. The standard InChI is InChI=1S/C12H22O/c1-5-6-7-8-9-12(10(2)3)11(4)13/h7-8,10,12H,5-6,9H2,1-4H3/b8-7+. The number of allylic oxidation sites excluding steroid dienone is 2. The fourth-order valence-electron chi connectivity index (χ4n) is 1.43. The van der Waals surface area contributed by atoms with Gasteiger partial charge < -0.3 is 0 Å². The smallest absolute Gasteiger partial charge is 0.133 e. The van der Waals surface area contributed by atoms with Gasteiger partial charge in [0, 0.05) is 5.92 Å². The maximum atomic E-state index is 11.2. The van der Waals surface area contributed by atoms with Gasteiger partial charge in [-0.25, -0.2) is 0 Å². The van der Waals surface area contributed by atoms with Crippen molar-refractivity contribution in [3.8, 4) is 0 Å². The van der Waals surface area contributed by atoms with Crippen LogP contribution in [0.3, 0.4) is 0 Å². The van der Waals surface area contributed by atoms with E-state index in [4.69, 9.17) is 0 Å². The third kappa shape index (κ3) is 5.62. The monoisotopic (exact) mass is 182 g/mol. The van der Waals surface area contributed by atoms with Crippen molar-refractivity contribution in [3.05, 3.63) is 12.2 Å². The molecule has 0 radical (unpaired) electrons. The molecule has 0 heterocycles. The Kier molecular flexibility index (Phi) is 6.56. The molecule has 76 valence electrons. The molecular weight excluding hydrogens is 160 g/mol. The van der Waals surface area contributed by atoms with Gasteiger partial charge in [0.15, 0.2) is 0 Å². The van der Waals surface area contributed by atoms with Crippen LogP contribution in [0.5, 0.6) is 0 Å². The summed E-state index contributed by atoms with van der Waals surface area (Å²) in [6.07, 6.45) is 7.55. The molecule has 0 rings (SSSR count). The van der Waals surface area contributed by atoms with Crippen LogP contribution in [0.4, 0.5) is 0 Å². The second-order valence-electron chi connectivity index (χ2n) is 3.96. The van der Waals surface area contributed by atoms with Crippen LogP contribution < -0.4 is 0 Å². The number of unbranched alkanes of at least 4 members (excludes halogenated alkanes) is 1. The summed E-state index contributed by atoms with van der Waals surface area (Å²) in [7, 11) is 0. The third-order valence-corrected chi connectivity index (χ3v) is 2.34. The summed E-state index contributed by atoms with van der Waals surface area (Å²) in [5.41, 5.74) is 0. The van der Waals surface area contributed by atoms with Gasteiger partial charge in [0.2, 0.25) is 0 Å². The van der Waals surface area contributed by atoms with Crippen LogP contribution in [0.2, 0.25) is 0 Å². The van der Waals surface area contributed by atoms with Gasteiger partial charge in [-0.15, -0.1) is 0 Å². The summed E-state index contributed by atoms with van der Waals surface area (Å²) >= 11 is 0. The molecule has 13 heavy (non-hydrogen) atoms. The van der Waals surface area contributed by atoms with E-state index in [1.165, 1.54) is 6.42 Å². The van der Waals surface area contributed by atoms with Crippen LogP contribution >= 0.6 is 0 Å². The minimum absolute atomic E-state index is 0.216.